The summed E-state index contributed by atoms with van der Waals surface area (Å²) in [4.78, 5) is 19.5. The van der Waals surface area contributed by atoms with Crippen molar-refractivity contribution in [3.63, 3.8) is 0 Å². The van der Waals surface area contributed by atoms with Gasteiger partial charge in [-0.2, -0.15) is 0 Å². The molecule has 0 amide bonds. The standard InChI is InChI=1S/C4H6O3.Li.H/c1-2-3(5)4(6)7;;/h2H2,1H3,(H,6,7);;. The van der Waals surface area contributed by atoms with Crippen LogP contribution in [0.25, 0.3) is 0 Å². The van der Waals surface area contributed by atoms with Crippen molar-refractivity contribution in [2.75, 3.05) is 0 Å². The van der Waals surface area contributed by atoms with Gasteiger partial charge in [0.15, 0.2) is 0 Å². The van der Waals surface area contributed by atoms with Gasteiger partial charge in [-0.3, -0.25) is 4.79 Å². The van der Waals surface area contributed by atoms with E-state index >= 15 is 0 Å². The molecule has 0 unspecified atom stereocenters. The third-order valence-corrected chi connectivity index (χ3v) is 0.560. The molecular weight excluding hydrogens is 103 g/mol. The first-order chi connectivity index (χ1) is 3.18. The first-order valence-electron chi connectivity index (χ1n) is 1.94. The Hall–Kier alpha value is -0.263. The van der Waals surface area contributed by atoms with Crippen LogP contribution in [0.5, 0.6) is 0 Å². The quantitative estimate of drug-likeness (QED) is 0.381. The monoisotopic (exact) mass is 110 g/mol. The summed E-state index contributed by atoms with van der Waals surface area (Å²) in [5.74, 6) is -2.08. The minimum atomic E-state index is -1.34. The maximum absolute atomic E-state index is 9.91. The van der Waals surface area contributed by atoms with Gasteiger partial charge in [0, 0.05) is 6.42 Å². The van der Waals surface area contributed by atoms with E-state index in [-0.39, 0.29) is 25.3 Å². The predicted octanol–water partition coefficient (Wildman–Crippen LogP) is -0.598. The number of hydrogen-bond donors (Lipinski definition) is 1. The van der Waals surface area contributed by atoms with E-state index in [4.69, 9.17) is 5.11 Å². The summed E-state index contributed by atoms with van der Waals surface area (Å²) in [6, 6.07) is 0. The molecule has 0 aliphatic rings. The molecule has 1 N–H and O–H groups in total. The van der Waals surface area contributed by atoms with Crippen molar-refractivity contribution < 1.29 is 14.7 Å². The van der Waals surface area contributed by atoms with E-state index in [9.17, 15) is 9.59 Å². The van der Waals surface area contributed by atoms with Crippen LogP contribution in [0.4, 0.5) is 0 Å². The molecule has 0 heterocycles. The number of carboxylic acid groups (broad SMARTS) is 1. The van der Waals surface area contributed by atoms with Crippen molar-refractivity contribution in [1.29, 1.82) is 0 Å². The zero-order valence-electron chi connectivity index (χ0n) is 3.97. The molecule has 0 aromatic heterocycles. The predicted molar refractivity (Wildman–Crippen MR) is 30.1 cm³/mol. The Morgan fingerprint density at radius 3 is 1.88 bits per heavy atom. The van der Waals surface area contributed by atoms with E-state index in [0.29, 0.717) is 0 Å². The van der Waals surface area contributed by atoms with Gasteiger partial charge in [-0.25, -0.2) is 4.79 Å². The van der Waals surface area contributed by atoms with Gasteiger partial charge in [0.25, 0.3) is 0 Å². The Bertz CT molecular complexity index is 99.5. The summed E-state index contributed by atoms with van der Waals surface area (Å²) in [6.45, 7) is 1.51. The van der Waals surface area contributed by atoms with E-state index in [0.717, 1.165) is 0 Å². The average molecular weight is 110 g/mol. The topological polar surface area (TPSA) is 54.4 Å². The zero-order chi connectivity index (χ0) is 5.86. The molecule has 4 heteroatoms. The van der Waals surface area contributed by atoms with Crippen LogP contribution in [-0.4, -0.2) is 35.7 Å². The summed E-state index contributed by atoms with van der Waals surface area (Å²) < 4.78 is 0. The molecule has 0 saturated heterocycles. The maximum atomic E-state index is 9.91. The fraction of sp³-hybridized carbons (Fsp3) is 0.500. The summed E-state index contributed by atoms with van der Waals surface area (Å²) in [5, 5.41) is 7.83. The van der Waals surface area contributed by atoms with Crippen LogP contribution in [0.2, 0.25) is 0 Å². The molecule has 0 rings (SSSR count). The average Bonchev–Trinajstić information content (AvgIpc) is 1.65. The molecule has 0 atom stereocenters. The third-order valence-electron chi connectivity index (χ3n) is 0.560. The number of aliphatic carboxylic acids is 1. The number of Topliss-reactive ketones (excluding diaryl/α,β-unsaturated/α-hetero) is 1. The molecule has 42 valence electrons. The molecule has 0 aromatic carbocycles. The SMILES string of the molecule is CCC(=O)C(=O)O.[LiH]. The molecule has 0 bridgehead atoms. The summed E-state index contributed by atoms with van der Waals surface area (Å²) in [5.41, 5.74) is 0. The zero-order valence-corrected chi connectivity index (χ0v) is 3.97. The summed E-state index contributed by atoms with van der Waals surface area (Å²) >= 11 is 0. The molecule has 8 heavy (non-hydrogen) atoms. The first kappa shape index (κ1) is 10.7. The molecular formula is C4H7LiO3. The number of rotatable bonds is 2. The summed E-state index contributed by atoms with van der Waals surface area (Å²) in [7, 11) is 0. The van der Waals surface area contributed by atoms with Crippen molar-refractivity contribution in [3.8, 4) is 0 Å². The van der Waals surface area contributed by atoms with Gasteiger partial charge in [0.2, 0.25) is 5.78 Å². The molecule has 0 fully saturated rings. The first-order valence-corrected chi connectivity index (χ1v) is 1.94. The van der Waals surface area contributed by atoms with Gasteiger partial charge in [0.1, 0.15) is 0 Å². The molecule has 0 aliphatic heterocycles. The van der Waals surface area contributed by atoms with Crippen LogP contribution in [0.15, 0.2) is 0 Å². The van der Waals surface area contributed by atoms with Crippen molar-refractivity contribution in [2.24, 2.45) is 0 Å². The van der Waals surface area contributed by atoms with Crippen LogP contribution in [0.1, 0.15) is 13.3 Å². The Kier molecular flexibility index (Phi) is 6.52. The second-order valence-corrected chi connectivity index (χ2v) is 1.08. The van der Waals surface area contributed by atoms with Gasteiger partial charge in [0.05, 0.1) is 0 Å². The third kappa shape index (κ3) is 3.91. The van der Waals surface area contributed by atoms with Gasteiger partial charge < -0.3 is 5.11 Å². The van der Waals surface area contributed by atoms with Crippen molar-refractivity contribution in [2.45, 2.75) is 13.3 Å². The van der Waals surface area contributed by atoms with Crippen molar-refractivity contribution in [3.05, 3.63) is 0 Å². The summed E-state index contributed by atoms with van der Waals surface area (Å²) in [6.07, 6.45) is 0.0787. The molecule has 0 aliphatic carbocycles. The second kappa shape index (κ2) is 4.89. The van der Waals surface area contributed by atoms with Crippen molar-refractivity contribution >= 4 is 30.6 Å². The van der Waals surface area contributed by atoms with Crippen LogP contribution >= 0.6 is 0 Å². The molecule has 0 aromatic rings. The fourth-order valence-corrected chi connectivity index (χ4v) is 0.151. The fourth-order valence-electron chi connectivity index (χ4n) is 0.151. The number of carbonyl (C=O) groups excluding carboxylic acids is 1. The van der Waals surface area contributed by atoms with E-state index in [1.54, 1.807) is 0 Å². The van der Waals surface area contributed by atoms with E-state index < -0.39 is 11.8 Å². The number of carboxylic acids is 1. The molecule has 0 radical (unpaired) electrons. The van der Waals surface area contributed by atoms with Gasteiger partial charge in [-0.05, 0) is 0 Å². The number of ketones is 1. The second-order valence-electron chi connectivity index (χ2n) is 1.08. The van der Waals surface area contributed by atoms with Crippen LogP contribution < -0.4 is 0 Å². The molecule has 0 spiro atoms. The van der Waals surface area contributed by atoms with Gasteiger partial charge in [-0.15, -0.1) is 0 Å². The normalized spacial score (nSPS) is 7.12. The molecule has 0 saturated carbocycles. The van der Waals surface area contributed by atoms with Crippen LogP contribution in [-0.2, 0) is 9.59 Å². The van der Waals surface area contributed by atoms with E-state index in [2.05, 4.69) is 0 Å². The minimum absolute atomic E-state index is 0. The van der Waals surface area contributed by atoms with Crippen molar-refractivity contribution in [1.82, 2.24) is 0 Å². The number of carbonyl (C=O) groups is 2. The number of hydrogen-bond acceptors (Lipinski definition) is 2. The Balaban J connectivity index is 0. The van der Waals surface area contributed by atoms with Gasteiger partial charge >= 0.3 is 24.8 Å². The van der Waals surface area contributed by atoms with E-state index in [1.807, 2.05) is 0 Å². The Labute approximate surface area is 59.2 Å². The Morgan fingerprint density at radius 1 is 1.50 bits per heavy atom. The van der Waals surface area contributed by atoms with Crippen LogP contribution in [0.3, 0.4) is 0 Å². The van der Waals surface area contributed by atoms with E-state index in [1.165, 1.54) is 6.92 Å². The molecule has 3 nitrogen and oxygen atoms in total. The Morgan fingerprint density at radius 2 is 1.88 bits per heavy atom. The van der Waals surface area contributed by atoms with Gasteiger partial charge in [-0.1, -0.05) is 6.92 Å². The van der Waals surface area contributed by atoms with Crippen LogP contribution in [0, 0.1) is 0 Å².